The summed E-state index contributed by atoms with van der Waals surface area (Å²) in [5.74, 6) is 0. The van der Waals surface area contributed by atoms with E-state index in [0.29, 0.717) is 6.42 Å². The highest BCUT2D eigenvalue weighted by molar-refractivity contribution is 6.08. The lowest BCUT2D eigenvalue weighted by molar-refractivity contribution is 1.22. The van der Waals surface area contributed by atoms with Crippen LogP contribution >= 0.6 is 0 Å². The van der Waals surface area contributed by atoms with E-state index in [4.69, 9.17) is 5.26 Å². The van der Waals surface area contributed by atoms with Crippen molar-refractivity contribution in [3.8, 4) is 6.07 Å². The van der Waals surface area contributed by atoms with Crippen molar-refractivity contribution in [3.05, 3.63) is 47.5 Å². The summed E-state index contributed by atoms with van der Waals surface area (Å²) >= 11 is 0. The lowest BCUT2D eigenvalue weighted by Gasteiger charge is -2.02. The van der Waals surface area contributed by atoms with Crippen LogP contribution < -0.4 is 0 Å². The van der Waals surface area contributed by atoms with Gasteiger partial charge in [0.2, 0.25) is 0 Å². The third-order valence-electron chi connectivity index (χ3n) is 3.32. The van der Waals surface area contributed by atoms with Crippen molar-refractivity contribution in [1.82, 2.24) is 4.98 Å². The first-order chi connectivity index (χ1) is 8.31. The number of para-hydroxylation sites is 1. The van der Waals surface area contributed by atoms with E-state index in [1.165, 1.54) is 16.3 Å². The number of fused-ring (bicyclic) bond motifs is 3. The first kappa shape index (κ1) is 9.92. The molecule has 1 N–H and O–H groups in total. The highest BCUT2D eigenvalue weighted by Crippen LogP contribution is 2.29. The molecule has 3 rings (SSSR count). The Bertz CT molecular complexity index is 745. The van der Waals surface area contributed by atoms with E-state index in [-0.39, 0.29) is 0 Å². The minimum absolute atomic E-state index is 0.469. The summed E-state index contributed by atoms with van der Waals surface area (Å²) in [6.45, 7) is 2.07. The Hall–Kier alpha value is -2.27. The maximum absolute atomic E-state index is 8.80. The summed E-state index contributed by atoms with van der Waals surface area (Å²) in [4.78, 5) is 3.44. The van der Waals surface area contributed by atoms with Gasteiger partial charge in [-0.25, -0.2) is 0 Å². The number of aryl methyl sites for hydroxylation is 1. The van der Waals surface area contributed by atoms with Crippen LogP contribution in [0.25, 0.3) is 21.8 Å². The van der Waals surface area contributed by atoms with Crippen LogP contribution in [-0.4, -0.2) is 4.98 Å². The molecule has 0 atom stereocenters. The molecule has 2 nitrogen and oxygen atoms in total. The normalized spacial score (nSPS) is 10.8. The molecule has 3 aromatic rings. The van der Waals surface area contributed by atoms with Crippen LogP contribution in [0.1, 0.15) is 11.1 Å². The Morgan fingerprint density at radius 1 is 1.12 bits per heavy atom. The number of H-pyrrole nitrogens is 1. The predicted octanol–water partition coefficient (Wildman–Crippen LogP) is 3.70. The molecule has 0 saturated heterocycles. The van der Waals surface area contributed by atoms with Crippen molar-refractivity contribution in [2.24, 2.45) is 0 Å². The van der Waals surface area contributed by atoms with Gasteiger partial charge in [-0.05, 0) is 24.1 Å². The first-order valence-electron chi connectivity index (χ1n) is 5.67. The molecule has 2 heteroatoms. The lowest BCUT2D eigenvalue weighted by atomic mass is 10.0. The van der Waals surface area contributed by atoms with Crippen LogP contribution in [0.2, 0.25) is 0 Å². The topological polar surface area (TPSA) is 39.6 Å². The van der Waals surface area contributed by atoms with Crippen molar-refractivity contribution in [2.45, 2.75) is 13.3 Å². The molecule has 0 aliphatic carbocycles. The van der Waals surface area contributed by atoms with Crippen molar-refractivity contribution in [1.29, 1.82) is 5.26 Å². The van der Waals surface area contributed by atoms with Crippen LogP contribution in [0, 0.1) is 18.3 Å². The monoisotopic (exact) mass is 220 g/mol. The summed E-state index contributed by atoms with van der Waals surface area (Å²) in [7, 11) is 0. The minimum Gasteiger partial charge on any atom is -0.354 e. The summed E-state index contributed by atoms with van der Waals surface area (Å²) in [6.07, 6.45) is 0.469. The Morgan fingerprint density at radius 2 is 1.94 bits per heavy atom. The van der Waals surface area contributed by atoms with Gasteiger partial charge in [0.15, 0.2) is 0 Å². The Kier molecular flexibility index (Phi) is 2.12. The summed E-state index contributed by atoms with van der Waals surface area (Å²) in [6, 6.07) is 14.7. The van der Waals surface area contributed by atoms with E-state index in [2.05, 4.69) is 42.2 Å². The molecule has 82 valence electrons. The maximum Gasteiger partial charge on any atom is 0.0669 e. The van der Waals surface area contributed by atoms with Crippen LogP contribution in [0.4, 0.5) is 0 Å². The summed E-state index contributed by atoms with van der Waals surface area (Å²) in [5, 5.41) is 11.3. The molecule has 0 saturated carbocycles. The molecule has 0 radical (unpaired) electrons. The molecule has 0 fully saturated rings. The van der Waals surface area contributed by atoms with Crippen molar-refractivity contribution >= 4 is 21.8 Å². The molecular formula is C15H12N2. The van der Waals surface area contributed by atoms with Crippen molar-refractivity contribution in [3.63, 3.8) is 0 Å². The zero-order chi connectivity index (χ0) is 11.8. The third kappa shape index (κ3) is 1.40. The van der Waals surface area contributed by atoms with Crippen LogP contribution in [-0.2, 0) is 6.42 Å². The van der Waals surface area contributed by atoms with E-state index in [1.54, 1.807) is 0 Å². The quantitative estimate of drug-likeness (QED) is 0.667. The van der Waals surface area contributed by atoms with E-state index < -0.39 is 0 Å². The number of rotatable bonds is 1. The van der Waals surface area contributed by atoms with E-state index in [9.17, 15) is 0 Å². The zero-order valence-corrected chi connectivity index (χ0v) is 9.62. The first-order valence-corrected chi connectivity index (χ1v) is 5.67. The number of nitriles is 1. The van der Waals surface area contributed by atoms with Crippen LogP contribution in [0.3, 0.4) is 0 Å². The van der Waals surface area contributed by atoms with E-state index in [0.717, 1.165) is 16.6 Å². The smallest absolute Gasteiger partial charge is 0.0669 e. The maximum atomic E-state index is 8.80. The van der Waals surface area contributed by atoms with Gasteiger partial charge in [-0.2, -0.15) is 5.26 Å². The average Bonchev–Trinajstić information content (AvgIpc) is 2.73. The number of nitrogens with one attached hydrogen (secondary N) is 1. The lowest BCUT2D eigenvalue weighted by Crippen LogP contribution is -1.88. The number of hydrogen-bond donors (Lipinski definition) is 1. The molecule has 0 amide bonds. The SMILES string of the molecule is Cc1c(CC#N)ccc2c1[nH]c1ccccc12. The minimum atomic E-state index is 0.469. The number of aromatic amines is 1. The largest absolute Gasteiger partial charge is 0.354 e. The number of benzene rings is 2. The van der Waals surface area contributed by atoms with Gasteiger partial charge in [0.25, 0.3) is 0 Å². The molecule has 2 aromatic carbocycles. The van der Waals surface area contributed by atoms with E-state index >= 15 is 0 Å². The standard InChI is InChI=1S/C15H12N2/c1-10-11(8-9-16)6-7-13-12-4-2-3-5-14(12)17-15(10)13/h2-7,17H,8H2,1H3. The highest BCUT2D eigenvalue weighted by atomic mass is 14.7. The summed E-state index contributed by atoms with van der Waals surface area (Å²) in [5.41, 5.74) is 4.59. The van der Waals surface area contributed by atoms with Gasteiger partial charge in [0.05, 0.1) is 12.5 Å². The fraction of sp³-hybridized carbons (Fsp3) is 0.133. The zero-order valence-electron chi connectivity index (χ0n) is 9.62. The third-order valence-corrected chi connectivity index (χ3v) is 3.32. The fourth-order valence-corrected chi connectivity index (χ4v) is 2.38. The van der Waals surface area contributed by atoms with Gasteiger partial charge in [-0.15, -0.1) is 0 Å². The van der Waals surface area contributed by atoms with E-state index in [1.807, 2.05) is 12.1 Å². The average molecular weight is 220 g/mol. The van der Waals surface area contributed by atoms with Crippen LogP contribution in [0.5, 0.6) is 0 Å². The Morgan fingerprint density at radius 3 is 2.76 bits per heavy atom. The molecule has 17 heavy (non-hydrogen) atoms. The molecule has 0 aliphatic rings. The van der Waals surface area contributed by atoms with Crippen LogP contribution in [0.15, 0.2) is 36.4 Å². The van der Waals surface area contributed by atoms with Gasteiger partial charge in [-0.3, -0.25) is 0 Å². The van der Waals surface area contributed by atoms with Crippen molar-refractivity contribution in [2.75, 3.05) is 0 Å². The fourth-order valence-electron chi connectivity index (χ4n) is 2.38. The molecule has 0 aliphatic heterocycles. The Balaban J connectivity index is 2.41. The van der Waals surface area contributed by atoms with Gasteiger partial charge < -0.3 is 4.98 Å². The second-order valence-electron chi connectivity index (χ2n) is 4.28. The number of aromatic nitrogens is 1. The second-order valence-corrected chi connectivity index (χ2v) is 4.28. The second kappa shape index (κ2) is 3.64. The van der Waals surface area contributed by atoms with Gasteiger partial charge in [0.1, 0.15) is 0 Å². The molecule has 0 bridgehead atoms. The molecule has 1 heterocycles. The van der Waals surface area contributed by atoms with Gasteiger partial charge in [0, 0.05) is 21.8 Å². The molecular weight excluding hydrogens is 208 g/mol. The van der Waals surface area contributed by atoms with Gasteiger partial charge >= 0.3 is 0 Å². The Labute approximate surface area is 99.5 Å². The summed E-state index contributed by atoms with van der Waals surface area (Å²) < 4.78 is 0. The molecule has 1 aromatic heterocycles. The molecule has 0 spiro atoms. The number of nitrogens with zero attached hydrogens (tertiary/aromatic N) is 1. The van der Waals surface area contributed by atoms with Crippen molar-refractivity contribution < 1.29 is 0 Å². The molecule has 0 unspecified atom stereocenters. The predicted molar refractivity (Wildman–Crippen MR) is 69.9 cm³/mol. The highest BCUT2D eigenvalue weighted by Gasteiger charge is 2.08. The number of hydrogen-bond acceptors (Lipinski definition) is 1. The van der Waals surface area contributed by atoms with Gasteiger partial charge in [-0.1, -0.05) is 30.3 Å².